The highest BCUT2D eigenvalue weighted by Crippen LogP contribution is 2.19. The molecule has 3 aromatic rings. The molecule has 0 spiro atoms. The van der Waals surface area contributed by atoms with Crippen molar-refractivity contribution in [2.75, 3.05) is 33.3 Å². The van der Waals surface area contributed by atoms with Gasteiger partial charge in [-0.3, -0.25) is 9.69 Å². The molecule has 158 valence electrons. The molecule has 1 aliphatic heterocycles. The van der Waals surface area contributed by atoms with Gasteiger partial charge in [0.15, 0.2) is 0 Å². The van der Waals surface area contributed by atoms with E-state index in [4.69, 9.17) is 9.26 Å². The number of methoxy groups -OCH3 is 1. The number of ether oxygens (including phenoxy) is 1. The van der Waals surface area contributed by atoms with Gasteiger partial charge >= 0.3 is 0 Å². The minimum absolute atomic E-state index is 0.213. The van der Waals surface area contributed by atoms with Crippen molar-refractivity contribution in [1.29, 1.82) is 0 Å². The Morgan fingerprint density at radius 1 is 1.17 bits per heavy atom. The van der Waals surface area contributed by atoms with Gasteiger partial charge in [-0.2, -0.15) is 16.3 Å². The van der Waals surface area contributed by atoms with Crippen LogP contribution < -0.4 is 4.74 Å². The first-order valence-corrected chi connectivity index (χ1v) is 11.1. The SMILES string of the molecule is COc1ccc(CCC(=O)N2CCCN(Cc3nc(-c4ccsc4)no3)CC2)cc1. The van der Waals surface area contributed by atoms with E-state index in [1.165, 1.54) is 0 Å². The molecule has 2 aromatic heterocycles. The van der Waals surface area contributed by atoms with Gasteiger partial charge in [0.2, 0.25) is 17.6 Å². The topological polar surface area (TPSA) is 71.7 Å². The summed E-state index contributed by atoms with van der Waals surface area (Å²) in [6.45, 7) is 3.86. The number of rotatable bonds is 7. The molecule has 8 heteroatoms. The summed E-state index contributed by atoms with van der Waals surface area (Å²) >= 11 is 1.61. The molecular weight excluding hydrogens is 400 g/mol. The second-order valence-electron chi connectivity index (χ2n) is 7.38. The Morgan fingerprint density at radius 3 is 2.80 bits per heavy atom. The highest BCUT2D eigenvalue weighted by molar-refractivity contribution is 7.08. The normalized spacial score (nSPS) is 15.2. The Morgan fingerprint density at radius 2 is 2.03 bits per heavy atom. The van der Waals surface area contributed by atoms with Gasteiger partial charge in [0, 0.05) is 43.5 Å². The number of amides is 1. The van der Waals surface area contributed by atoms with Crippen molar-refractivity contribution in [1.82, 2.24) is 19.9 Å². The van der Waals surface area contributed by atoms with E-state index < -0.39 is 0 Å². The highest BCUT2D eigenvalue weighted by Gasteiger charge is 2.20. The molecule has 30 heavy (non-hydrogen) atoms. The molecule has 1 fully saturated rings. The fraction of sp³-hybridized carbons (Fsp3) is 0.409. The maximum atomic E-state index is 12.7. The zero-order valence-electron chi connectivity index (χ0n) is 17.1. The van der Waals surface area contributed by atoms with Crippen molar-refractivity contribution in [3.63, 3.8) is 0 Å². The summed E-state index contributed by atoms with van der Waals surface area (Å²) in [6, 6.07) is 9.90. The van der Waals surface area contributed by atoms with E-state index in [9.17, 15) is 4.79 Å². The molecule has 0 saturated carbocycles. The van der Waals surface area contributed by atoms with Crippen LogP contribution in [0.5, 0.6) is 5.75 Å². The molecule has 0 aliphatic carbocycles. The number of carbonyl (C=O) groups is 1. The zero-order chi connectivity index (χ0) is 20.8. The second kappa shape index (κ2) is 9.86. The van der Waals surface area contributed by atoms with E-state index in [0.29, 0.717) is 24.7 Å². The summed E-state index contributed by atoms with van der Waals surface area (Å²) in [4.78, 5) is 21.5. The van der Waals surface area contributed by atoms with Crippen LogP contribution in [0.15, 0.2) is 45.6 Å². The number of thiophene rings is 1. The van der Waals surface area contributed by atoms with Crippen LogP contribution in [0.2, 0.25) is 0 Å². The van der Waals surface area contributed by atoms with Crippen LogP contribution in [0.25, 0.3) is 11.4 Å². The minimum Gasteiger partial charge on any atom is -0.497 e. The number of carbonyl (C=O) groups excluding carboxylic acids is 1. The molecule has 1 saturated heterocycles. The predicted molar refractivity (Wildman–Crippen MR) is 115 cm³/mol. The fourth-order valence-corrected chi connectivity index (χ4v) is 4.23. The van der Waals surface area contributed by atoms with Gasteiger partial charge < -0.3 is 14.2 Å². The number of benzene rings is 1. The third-order valence-electron chi connectivity index (χ3n) is 5.33. The third-order valence-corrected chi connectivity index (χ3v) is 6.02. The molecule has 1 aromatic carbocycles. The van der Waals surface area contributed by atoms with Gasteiger partial charge in [-0.1, -0.05) is 17.3 Å². The lowest BCUT2D eigenvalue weighted by atomic mass is 10.1. The fourth-order valence-electron chi connectivity index (χ4n) is 3.60. The molecule has 1 aliphatic rings. The Bertz CT molecular complexity index is 940. The first-order chi connectivity index (χ1) is 14.7. The maximum absolute atomic E-state index is 12.7. The van der Waals surface area contributed by atoms with Gasteiger partial charge in [-0.05, 0) is 42.0 Å². The van der Waals surface area contributed by atoms with E-state index in [-0.39, 0.29) is 5.91 Å². The van der Waals surface area contributed by atoms with E-state index >= 15 is 0 Å². The van der Waals surface area contributed by atoms with Crippen molar-refractivity contribution < 1.29 is 14.1 Å². The third kappa shape index (κ3) is 5.25. The van der Waals surface area contributed by atoms with E-state index in [0.717, 1.165) is 55.9 Å². The highest BCUT2D eigenvalue weighted by atomic mass is 32.1. The Labute approximate surface area is 180 Å². The summed E-state index contributed by atoms with van der Waals surface area (Å²) < 4.78 is 10.6. The van der Waals surface area contributed by atoms with Crippen LogP contribution in [-0.2, 0) is 17.8 Å². The van der Waals surface area contributed by atoms with Crippen LogP contribution >= 0.6 is 11.3 Å². The molecule has 0 N–H and O–H groups in total. The van der Waals surface area contributed by atoms with Crippen molar-refractivity contribution in [3.05, 3.63) is 52.5 Å². The average Bonchev–Trinajstić information content (AvgIpc) is 3.41. The van der Waals surface area contributed by atoms with E-state index in [1.807, 2.05) is 46.0 Å². The number of nitrogens with zero attached hydrogens (tertiary/aromatic N) is 4. The number of aromatic nitrogens is 2. The van der Waals surface area contributed by atoms with Crippen LogP contribution in [-0.4, -0.2) is 59.1 Å². The standard InChI is InChI=1S/C22H26N4O3S/c1-28-19-6-3-17(4-7-19)5-8-21(27)26-11-2-10-25(12-13-26)15-20-23-22(24-29-20)18-9-14-30-16-18/h3-4,6-7,9,14,16H,2,5,8,10-13,15H2,1H3. The van der Waals surface area contributed by atoms with Gasteiger partial charge in [0.1, 0.15) is 5.75 Å². The molecule has 0 bridgehead atoms. The molecule has 0 radical (unpaired) electrons. The Kier molecular flexibility index (Phi) is 6.76. The predicted octanol–water partition coefficient (Wildman–Crippen LogP) is 3.47. The molecule has 0 atom stereocenters. The lowest BCUT2D eigenvalue weighted by molar-refractivity contribution is -0.131. The lowest BCUT2D eigenvalue weighted by Gasteiger charge is -2.21. The van der Waals surface area contributed by atoms with Crippen LogP contribution in [0.1, 0.15) is 24.3 Å². The number of aryl methyl sites for hydroxylation is 1. The van der Waals surface area contributed by atoms with Gasteiger partial charge in [-0.15, -0.1) is 0 Å². The molecular formula is C22H26N4O3S. The average molecular weight is 427 g/mol. The van der Waals surface area contributed by atoms with Gasteiger partial charge in [0.25, 0.3) is 0 Å². The van der Waals surface area contributed by atoms with Crippen LogP contribution in [0.4, 0.5) is 0 Å². The van der Waals surface area contributed by atoms with Gasteiger partial charge in [-0.25, -0.2) is 0 Å². The summed E-state index contributed by atoms with van der Waals surface area (Å²) in [6.07, 6.45) is 2.22. The molecule has 1 amide bonds. The van der Waals surface area contributed by atoms with Gasteiger partial charge in [0.05, 0.1) is 13.7 Å². The molecule has 0 unspecified atom stereocenters. The van der Waals surface area contributed by atoms with Crippen LogP contribution in [0, 0.1) is 0 Å². The van der Waals surface area contributed by atoms with Crippen LogP contribution in [0.3, 0.4) is 0 Å². The summed E-state index contributed by atoms with van der Waals surface area (Å²) in [5.74, 6) is 2.30. The largest absolute Gasteiger partial charge is 0.497 e. The molecule has 4 rings (SSSR count). The zero-order valence-corrected chi connectivity index (χ0v) is 17.9. The summed E-state index contributed by atoms with van der Waals surface area (Å²) in [5.41, 5.74) is 2.14. The molecule has 7 nitrogen and oxygen atoms in total. The van der Waals surface area contributed by atoms with Crippen molar-refractivity contribution in [3.8, 4) is 17.1 Å². The first-order valence-electron chi connectivity index (χ1n) is 10.2. The first kappa shape index (κ1) is 20.6. The summed E-state index contributed by atoms with van der Waals surface area (Å²) in [7, 11) is 1.66. The Balaban J connectivity index is 1.25. The van der Waals surface area contributed by atoms with Crippen molar-refractivity contribution >= 4 is 17.2 Å². The minimum atomic E-state index is 0.213. The quantitative estimate of drug-likeness (QED) is 0.576. The molecule has 3 heterocycles. The maximum Gasteiger partial charge on any atom is 0.241 e. The van der Waals surface area contributed by atoms with Crippen molar-refractivity contribution in [2.24, 2.45) is 0 Å². The second-order valence-corrected chi connectivity index (χ2v) is 8.16. The van der Waals surface area contributed by atoms with E-state index in [2.05, 4.69) is 15.0 Å². The smallest absolute Gasteiger partial charge is 0.241 e. The Hall–Kier alpha value is -2.71. The number of hydrogen-bond donors (Lipinski definition) is 0. The number of hydrogen-bond acceptors (Lipinski definition) is 7. The summed E-state index contributed by atoms with van der Waals surface area (Å²) in [5, 5.41) is 8.09. The lowest BCUT2D eigenvalue weighted by Crippen LogP contribution is -2.35. The van der Waals surface area contributed by atoms with E-state index in [1.54, 1.807) is 18.4 Å². The van der Waals surface area contributed by atoms with Crippen molar-refractivity contribution in [2.45, 2.75) is 25.8 Å². The monoisotopic (exact) mass is 426 g/mol.